The molecule has 1 amide bonds. The van der Waals surface area contributed by atoms with E-state index in [0.717, 1.165) is 25.8 Å². The number of nitrogens with zero attached hydrogens (tertiary/aromatic N) is 1. The molecule has 0 bridgehead atoms. The van der Waals surface area contributed by atoms with E-state index in [9.17, 15) is 4.79 Å². The molecule has 1 saturated carbocycles. The van der Waals surface area contributed by atoms with E-state index >= 15 is 0 Å². The van der Waals surface area contributed by atoms with Crippen LogP contribution in [0.2, 0.25) is 0 Å². The molecule has 0 aromatic heterocycles. The smallest absolute Gasteiger partial charge is 0.242 e. The Morgan fingerprint density at radius 1 is 1.44 bits per heavy atom. The molecule has 1 atom stereocenters. The third-order valence-corrected chi connectivity index (χ3v) is 4.20. The Morgan fingerprint density at radius 2 is 2.12 bits per heavy atom. The van der Waals surface area contributed by atoms with Crippen molar-refractivity contribution in [2.75, 3.05) is 13.6 Å². The normalized spacial score (nSPS) is 29.4. The minimum atomic E-state index is -0.232. The van der Waals surface area contributed by atoms with Crippen molar-refractivity contribution in [1.29, 1.82) is 0 Å². The standard InChI is InChI=1S/C12H22N2O.ClH/c1-3-12(8-5-9-13-12)11(15)14(2)10-6-4-7-10;/h10,13H,3-9H2,1-2H3;1H. The number of rotatable bonds is 3. The van der Waals surface area contributed by atoms with Crippen LogP contribution in [-0.2, 0) is 4.79 Å². The van der Waals surface area contributed by atoms with Crippen LogP contribution < -0.4 is 5.32 Å². The maximum atomic E-state index is 12.4. The number of hydrogen-bond acceptors (Lipinski definition) is 2. The van der Waals surface area contributed by atoms with Gasteiger partial charge in [0.1, 0.15) is 0 Å². The number of likely N-dealkylation sites (N-methyl/N-ethyl adjacent to an activating group) is 1. The summed E-state index contributed by atoms with van der Waals surface area (Å²) in [6.45, 7) is 3.11. The van der Waals surface area contributed by atoms with E-state index in [1.165, 1.54) is 19.3 Å². The molecule has 1 N–H and O–H groups in total. The van der Waals surface area contributed by atoms with Gasteiger partial charge in [-0.05, 0) is 45.1 Å². The largest absolute Gasteiger partial charge is 0.341 e. The zero-order valence-corrected chi connectivity index (χ0v) is 11.1. The fourth-order valence-electron chi connectivity index (χ4n) is 2.72. The summed E-state index contributed by atoms with van der Waals surface area (Å²) in [4.78, 5) is 14.4. The van der Waals surface area contributed by atoms with Crippen molar-refractivity contribution < 1.29 is 4.79 Å². The van der Waals surface area contributed by atoms with E-state index in [-0.39, 0.29) is 17.9 Å². The minimum Gasteiger partial charge on any atom is -0.341 e. The molecule has 3 nitrogen and oxygen atoms in total. The summed E-state index contributed by atoms with van der Waals surface area (Å²) >= 11 is 0. The van der Waals surface area contributed by atoms with E-state index in [1.807, 2.05) is 11.9 Å². The van der Waals surface area contributed by atoms with E-state index in [4.69, 9.17) is 0 Å². The fourth-order valence-corrected chi connectivity index (χ4v) is 2.72. The second-order valence-electron chi connectivity index (χ2n) is 4.97. The van der Waals surface area contributed by atoms with Gasteiger partial charge in [-0.25, -0.2) is 0 Å². The Labute approximate surface area is 104 Å². The molecule has 2 rings (SSSR count). The van der Waals surface area contributed by atoms with E-state index < -0.39 is 0 Å². The van der Waals surface area contributed by atoms with Gasteiger partial charge in [-0.1, -0.05) is 6.92 Å². The molecule has 1 heterocycles. The predicted molar refractivity (Wildman–Crippen MR) is 67.9 cm³/mol. The Morgan fingerprint density at radius 3 is 2.50 bits per heavy atom. The van der Waals surface area contributed by atoms with Crippen molar-refractivity contribution in [3.8, 4) is 0 Å². The second kappa shape index (κ2) is 5.37. The highest BCUT2D eigenvalue weighted by Gasteiger charge is 2.42. The van der Waals surface area contributed by atoms with E-state index in [0.29, 0.717) is 11.9 Å². The average Bonchev–Trinajstić information content (AvgIpc) is 2.63. The molecule has 1 aliphatic carbocycles. The van der Waals surface area contributed by atoms with Gasteiger partial charge in [0.25, 0.3) is 0 Å². The maximum Gasteiger partial charge on any atom is 0.242 e. The Balaban J connectivity index is 0.00000128. The molecule has 2 fully saturated rings. The first-order valence-corrected chi connectivity index (χ1v) is 6.22. The number of amides is 1. The topological polar surface area (TPSA) is 32.3 Å². The summed E-state index contributed by atoms with van der Waals surface area (Å²) < 4.78 is 0. The molecule has 94 valence electrons. The number of carbonyl (C=O) groups is 1. The first kappa shape index (κ1) is 13.8. The molecular weight excluding hydrogens is 224 g/mol. The Hall–Kier alpha value is -0.280. The predicted octanol–water partition coefficient (Wildman–Crippen LogP) is 1.95. The monoisotopic (exact) mass is 246 g/mol. The third-order valence-electron chi connectivity index (χ3n) is 4.20. The van der Waals surface area contributed by atoms with Crippen LogP contribution in [0.15, 0.2) is 0 Å². The SMILES string of the molecule is CCC1(C(=O)N(C)C2CCC2)CCCN1.Cl. The minimum absolute atomic E-state index is 0. The first-order valence-electron chi connectivity index (χ1n) is 6.22. The molecule has 0 spiro atoms. The number of halogens is 1. The first-order chi connectivity index (χ1) is 7.19. The number of hydrogen-bond donors (Lipinski definition) is 1. The highest BCUT2D eigenvalue weighted by molar-refractivity contribution is 5.86. The van der Waals surface area contributed by atoms with Crippen molar-refractivity contribution >= 4 is 18.3 Å². The van der Waals surface area contributed by atoms with Crippen LogP contribution >= 0.6 is 12.4 Å². The van der Waals surface area contributed by atoms with Crippen molar-refractivity contribution in [3.05, 3.63) is 0 Å². The van der Waals surface area contributed by atoms with E-state index in [1.54, 1.807) is 0 Å². The van der Waals surface area contributed by atoms with Crippen molar-refractivity contribution in [1.82, 2.24) is 10.2 Å². The summed E-state index contributed by atoms with van der Waals surface area (Å²) in [6.07, 6.45) is 6.75. The summed E-state index contributed by atoms with van der Waals surface area (Å²) in [6, 6.07) is 0.517. The van der Waals surface area contributed by atoms with Gasteiger partial charge in [0.05, 0.1) is 5.54 Å². The van der Waals surface area contributed by atoms with Crippen LogP contribution in [0.3, 0.4) is 0 Å². The molecular formula is C12H23ClN2O. The lowest BCUT2D eigenvalue weighted by Gasteiger charge is -2.40. The third kappa shape index (κ3) is 2.21. The zero-order valence-electron chi connectivity index (χ0n) is 10.3. The summed E-state index contributed by atoms with van der Waals surface area (Å²) in [5.74, 6) is 0.326. The molecule has 0 aromatic rings. The second-order valence-corrected chi connectivity index (χ2v) is 4.97. The van der Waals surface area contributed by atoms with Gasteiger partial charge < -0.3 is 10.2 Å². The molecule has 16 heavy (non-hydrogen) atoms. The summed E-state index contributed by atoms with van der Waals surface area (Å²) in [5.41, 5.74) is -0.232. The van der Waals surface area contributed by atoms with E-state index in [2.05, 4.69) is 12.2 Å². The number of carbonyl (C=O) groups excluding carboxylic acids is 1. The lowest BCUT2D eigenvalue weighted by Crippen LogP contribution is -2.56. The molecule has 2 aliphatic rings. The molecule has 0 aromatic carbocycles. The van der Waals surface area contributed by atoms with Crippen LogP contribution in [0.25, 0.3) is 0 Å². The lowest BCUT2D eigenvalue weighted by atomic mass is 9.87. The van der Waals surface area contributed by atoms with Gasteiger partial charge in [0.2, 0.25) is 5.91 Å². The van der Waals surface area contributed by atoms with Gasteiger partial charge in [0.15, 0.2) is 0 Å². The van der Waals surface area contributed by atoms with Crippen molar-refractivity contribution in [2.24, 2.45) is 0 Å². The van der Waals surface area contributed by atoms with Crippen LogP contribution in [0.1, 0.15) is 45.4 Å². The van der Waals surface area contributed by atoms with Gasteiger partial charge >= 0.3 is 0 Å². The van der Waals surface area contributed by atoms with Crippen LogP contribution in [0.4, 0.5) is 0 Å². The molecule has 1 aliphatic heterocycles. The van der Waals surface area contributed by atoms with Crippen LogP contribution in [0, 0.1) is 0 Å². The Bertz CT molecular complexity index is 247. The van der Waals surface area contributed by atoms with Crippen molar-refractivity contribution in [3.63, 3.8) is 0 Å². The van der Waals surface area contributed by atoms with Crippen molar-refractivity contribution in [2.45, 2.75) is 57.0 Å². The van der Waals surface area contributed by atoms with Gasteiger partial charge in [0, 0.05) is 13.1 Å². The Kier molecular flexibility index (Phi) is 4.62. The molecule has 1 saturated heterocycles. The zero-order chi connectivity index (χ0) is 10.9. The fraction of sp³-hybridized carbons (Fsp3) is 0.917. The number of nitrogens with one attached hydrogen (secondary N) is 1. The highest BCUT2D eigenvalue weighted by atomic mass is 35.5. The summed E-state index contributed by atoms with van der Waals surface area (Å²) in [7, 11) is 1.98. The average molecular weight is 247 g/mol. The highest BCUT2D eigenvalue weighted by Crippen LogP contribution is 2.30. The van der Waals surface area contributed by atoms with Crippen LogP contribution in [-0.4, -0.2) is 36.0 Å². The summed E-state index contributed by atoms with van der Waals surface area (Å²) in [5, 5.41) is 3.41. The van der Waals surface area contributed by atoms with Crippen LogP contribution in [0.5, 0.6) is 0 Å². The molecule has 4 heteroatoms. The molecule has 0 radical (unpaired) electrons. The van der Waals surface area contributed by atoms with Gasteiger partial charge in [-0.2, -0.15) is 0 Å². The lowest BCUT2D eigenvalue weighted by molar-refractivity contribution is -0.140. The van der Waals surface area contributed by atoms with Gasteiger partial charge in [-0.15, -0.1) is 12.4 Å². The quantitative estimate of drug-likeness (QED) is 0.826. The maximum absolute atomic E-state index is 12.4. The van der Waals surface area contributed by atoms with Gasteiger partial charge in [-0.3, -0.25) is 4.79 Å². The molecule has 1 unspecified atom stereocenters.